The van der Waals surface area contributed by atoms with Gasteiger partial charge in [0.2, 0.25) is 0 Å². The van der Waals surface area contributed by atoms with Gasteiger partial charge in [0.15, 0.2) is 0 Å². The van der Waals surface area contributed by atoms with Crippen LogP contribution >= 0.6 is 0 Å². The lowest BCUT2D eigenvalue weighted by Gasteiger charge is -2.17. The highest BCUT2D eigenvalue weighted by atomic mass is 16.5. The first-order valence-corrected chi connectivity index (χ1v) is 5.85. The monoisotopic (exact) mass is 262 g/mol. The van der Waals surface area contributed by atoms with Crippen LogP contribution < -0.4 is 5.32 Å². The van der Waals surface area contributed by atoms with E-state index in [2.05, 4.69) is 5.32 Å². The largest absolute Gasteiger partial charge is 0.481 e. The number of nitrogens with zero attached hydrogens (tertiary/aromatic N) is 1. The number of hydrogen-bond acceptors (Lipinski definition) is 4. The maximum Gasteiger partial charge on any atom is 0.317 e. The minimum absolute atomic E-state index is 0.0672. The topological polar surface area (TPSA) is 88.1 Å². The molecular weight excluding hydrogens is 240 g/mol. The van der Waals surface area contributed by atoms with E-state index in [1.54, 1.807) is 14.2 Å². The molecule has 0 spiro atoms. The third kappa shape index (κ3) is 9.86. The molecule has 0 heterocycles. The standard InChI is InChI=1S/C11H22N2O5/c1-13(6-3-4-10(14)15)11(16)12-5-7-18-9-8-17-2/h3-9H2,1-2H3,(H,12,16)(H,14,15). The highest BCUT2D eigenvalue weighted by Crippen LogP contribution is 1.93. The molecule has 2 N–H and O–H groups in total. The molecular formula is C11H22N2O5. The minimum Gasteiger partial charge on any atom is -0.481 e. The molecule has 0 radical (unpaired) electrons. The molecule has 0 aliphatic rings. The van der Waals surface area contributed by atoms with Gasteiger partial charge in [-0.15, -0.1) is 0 Å². The van der Waals surface area contributed by atoms with Crippen molar-refractivity contribution in [2.75, 3.05) is 47.1 Å². The lowest BCUT2D eigenvalue weighted by Crippen LogP contribution is -2.39. The van der Waals surface area contributed by atoms with Gasteiger partial charge in [-0.1, -0.05) is 0 Å². The quantitative estimate of drug-likeness (QED) is 0.547. The summed E-state index contributed by atoms with van der Waals surface area (Å²) < 4.78 is 9.98. The molecule has 18 heavy (non-hydrogen) atoms. The number of nitrogens with one attached hydrogen (secondary N) is 1. The highest BCUT2D eigenvalue weighted by molar-refractivity contribution is 5.73. The first kappa shape index (κ1) is 16.7. The van der Waals surface area contributed by atoms with Gasteiger partial charge in [0, 0.05) is 33.7 Å². The first-order chi connectivity index (χ1) is 8.57. The second-order valence-corrected chi connectivity index (χ2v) is 3.76. The van der Waals surface area contributed by atoms with Crippen molar-refractivity contribution in [3.8, 4) is 0 Å². The summed E-state index contributed by atoms with van der Waals surface area (Å²) in [5, 5.41) is 11.1. The summed E-state index contributed by atoms with van der Waals surface area (Å²) in [7, 11) is 3.22. The van der Waals surface area contributed by atoms with Gasteiger partial charge in [-0.05, 0) is 6.42 Å². The Morgan fingerprint density at radius 2 is 2.00 bits per heavy atom. The van der Waals surface area contributed by atoms with Crippen molar-refractivity contribution in [3.63, 3.8) is 0 Å². The van der Waals surface area contributed by atoms with E-state index in [1.807, 2.05) is 0 Å². The van der Waals surface area contributed by atoms with Crippen LogP contribution in [0.3, 0.4) is 0 Å². The summed E-state index contributed by atoms with van der Waals surface area (Å²) in [5.41, 5.74) is 0. The van der Waals surface area contributed by atoms with Gasteiger partial charge in [0.1, 0.15) is 0 Å². The SMILES string of the molecule is COCCOCCNC(=O)N(C)CCCC(=O)O. The Balaban J connectivity index is 3.47. The number of aliphatic carboxylic acids is 1. The molecule has 0 aromatic heterocycles. The van der Waals surface area contributed by atoms with Gasteiger partial charge in [0.05, 0.1) is 19.8 Å². The molecule has 7 heteroatoms. The number of ether oxygens (including phenoxy) is 2. The van der Waals surface area contributed by atoms with Crippen molar-refractivity contribution in [3.05, 3.63) is 0 Å². The number of methoxy groups -OCH3 is 1. The summed E-state index contributed by atoms with van der Waals surface area (Å²) in [6, 6.07) is -0.226. The highest BCUT2D eigenvalue weighted by Gasteiger charge is 2.07. The molecule has 106 valence electrons. The normalized spacial score (nSPS) is 10.1. The molecule has 0 aliphatic heterocycles. The number of carboxylic acids is 1. The van der Waals surface area contributed by atoms with E-state index in [0.717, 1.165) is 0 Å². The molecule has 0 aliphatic carbocycles. The van der Waals surface area contributed by atoms with Gasteiger partial charge in [0.25, 0.3) is 0 Å². The third-order valence-electron chi connectivity index (χ3n) is 2.19. The number of rotatable bonds is 10. The van der Waals surface area contributed by atoms with Crippen molar-refractivity contribution in [2.45, 2.75) is 12.8 Å². The van der Waals surface area contributed by atoms with E-state index in [-0.39, 0.29) is 12.5 Å². The smallest absolute Gasteiger partial charge is 0.317 e. The molecule has 0 saturated carbocycles. The van der Waals surface area contributed by atoms with E-state index < -0.39 is 5.97 Å². The molecule has 0 rings (SSSR count). The number of carbonyl (C=O) groups excluding carboxylic acids is 1. The molecule has 0 aromatic rings. The summed E-state index contributed by atoms with van der Waals surface area (Å²) in [5.74, 6) is -0.852. The lowest BCUT2D eigenvalue weighted by atomic mass is 10.3. The molecule has 0 unspecified atom stereocenters. The molecule has 2 amide bonds. The molecule has 0 atom stereocenters. The molecule has 0 bridgehead atoms. The predicted octanol–water partition coefficient (Wildman–Crippen LogP) is 0.156. The van der Waals surface area contributed by atoms with E-state index >= 15 is 0 Å². The fourth-order valence-electron chi connectivity index (χ4n) is 1.18. The average molecular weight is 262 g/mol. The van der Waals surface area contributed by atoms with Crippen molar-refractivity contribution in [2.24, 2.45) is 0 Å². The summed E-state index contributed by atoms with van der Waals surface area (Å²) in [4.78, 5) is 23.3. The van der Waals surface area contributed by atoms with Crippen molar-refractivity contribution in [1.29, 1.82) is 0 Å². The Hall–Kier alpha value is -1.34. The molecule has 7 nitrogen and oxygen atoms in total. The zero-order valence-corrected chi connectivity index (χ0v) is 11.0. The number of carboxylic acid groups (broad SMARTS) is 1. The molecule has 0 fully saturated rings. The molecule has 0 aromatic carbocycles. The van der Waals surface area contributed by atoms with E-state index in [0.29, 0.717) is 39.3 Å². The fraction of sp³-hybridized carbons (Fsp3) is 0.818. The van der Waals surface area contributed by atoms with Crippen LogP contribution in [-0.4, -0.2) is 69.1 Å². The Morgan fingerprint density at radius 3 is 2.61 bits per heavy atom. The zero-order chi connectivity index (χ0) is 13.8. The average Bonchev–Trinajstić information content (AvgIpc) is 2.32. The van der Waals surface area contributed by atoms with Crippen LogP contribution in [0.25, 0.3) is 0 Å². The van der Waals surface area contributed by atoms with E-state index in [1.165, 1.54) is 4.90 Å². The Morgan fingerprint density at radius 1 is 1.28 bits per heavy atom. The maximum absolute atomic E-state index is 11.5. The number of urea groups is 1. The number of carbonyl (C=O) groups is 2. The van der Waals surface area contributed by atoms with Gasteiger partial charge >= 0.3 is 12.0 Å². The number of hydrogen-bond donors (Lipinski definition) is 2. The van der Waals surface area contributed by atoms with Gasteiger partial charge in [-0.3, -0.25) is 4.79 Å². The van der Waals surface area contributed by atoms with Crippen LogP contribution in [0.5, 0.6) is 0 Å². The predicted molar refractivity (Wildman–Crippen MR) is 65.6 cm³/mol. The van der Waals surface area contributed by atoms with Gasteiger partial charge < -0.3 is 24.8 Å². The van der Waals surface area contributed by atoms with Crippen LogP contribution in [0.1, 0.15) is 12.8 Å². The van der Waals surface area contributed by atoms with Crippen LogP contribution in [-0.2, 0) is 14.3 Å². The molecule has 0 saturated heterocycles. The summed E-state index contributed by atoms with van der Waals surface area (Å²) >= 11 is 0. The Bertz CT molecular complexity index is 248. The van der Waals surface area contributed by atoms with E-state index in [4.69, 9.17) is 14.6 Å². The lowest BCUT2D eigenvalue weighted by molar-refractivity contribution is -0.137. The van der Waals surface area contributed by atoms with Crippen LogP contribution in [0.15, 0.2) is 0 Å². The Labute approximate surface area is 107 Å². The third-order valence-corrected chi connectivity index (χ3v) is 2.19. The summed E-state index contributed by atoms with van der Waals surface area (Å²) in [6.07, 6.45) is 0.515. The fourth-order valence-corrected chi connectivity index (χ4v) is 1.18. The van der Waals surface area contributed by atoms with Crippen molar-refractivity contribution in [1.82, 2.24) is 10.2 Å². The Kier molecular flexibility index (Phi) is 9.99. The van der Waals surface area contributed by atoms with E-state index in [9.17, 15) is 9.59 Å². The van der Waals surface area contributed by atoms with Gasteiger partial charge in [-0.2, -0.15) is 0 Å². The van der Waals surface area contributed by atoms with Crippen LogP contribution in [0.4, 0.5) is 4.79 Å². The maximum atomic E-state index is 11.5. The number of amides is 2. The minimum atomic E-state index is -0.852. The zero-order valence-electron chi connectivity index (χ0n) is 11.0. The van der Waals surface area contributed by atoms with Crippen LogP contribution in [0.2, 0.25) is 0 Å². The van der Waals surface area contributed by atoms with Gasteiger partial charge in [-0.25, -0.2) is 4.79 Å². The first-order valence-electron chi connectivity index (χ1n) is 5.85. The summed E-state index contributed by atoms with van der Waals surface area (Å²) in [6.45, 7) is 2.30. The van der Waals surface area contributed by atoms with Crippen LogP contribution in [0, 0.1) is 0 Å². The van der Waals surface area contributed by atoms with Crippen molar-refractivity contribution < 1.29 is 24.2 Å². The second kappa shape index (κ2) is 10.8. The van der Waals surface area contributed by atoms with Crippen molar-refractivity contribution >= 4 is 12.0 Å². The second-order valence-electron chi connectivity index (χ2n) is 3.76.